The highest BCUT2D eigenvalue weighted by molar-refractivity contribution is 5.99. The molecule has 5 heteroatoms. The third-order valence-electron chi connectivity index (χ3n) is 3.46. The van der Waals surface area contributed by atoms with Gasteiger partial charge in [0, 0.05) is 18.7 Å². The molecule has 104 valence electrons. The summed E-state index contributed by atoms with van der Waals surface area (Å²) in [7, 11) is 0. The first kappa shape index (κ1) is 12.9. The van der Waals surface area contributed by atoms with Crippen LogP contribution in [0.1, 0.15) is 17.3 Å². The molecule has 3 rings (SSSR count). The van der Waals surface area contributed by atoms with E-state index in [9.17, 15) is 4.79 Å². The SMILES string of the molecule is CC1CN(C(=O)c2cn[nH]c2-c2ccccc2)CCO1. The maximum absolute atomic E-state index is 12.6. The number of aromatic amines is 1. The number of benzene rings is 1. The molecule has 2 aromatic rings. The van der Waals surface area contributed by atoms with Crippen LogP contribution in [0.2, 0.25) is 0 Å². The normalized spacial score (nSPS) is 19.1. The van der Waals surface area contributed by atoms with Gasteiger partial charge >= 0.3 is 0 Å². The molecule has 0 bridgehead atoms. The molecule has 1 N–H and O–H groups in total. The molecule has 0 spiro atoms. The number of nitrogens with one attached hydrogen (secondary N) is 1. The molecule has 1 amide bonds. The van der Waals surface area contributed by atoms with Gasteiger partial charge in [0.1, 0.15) is 0 Å². The molecule has 1 aromatic heterocycles. The van der Waals surface area contributed by atoms with Crippen LogP contribution in [0.25, 0.3) is 11.3 Å². The van der Waals surface area contributed by atoms with Crippen LogP contribution in [0, 0.1) is 0 Å². The summed E-state index contributed by atoms with van der Waals surface area (Å²) in [5.74, 6) is 0.00718. The Morgan fingerprint density at radius 2 is 2.20 bits per heavy atom. The number of H-pyrrole nitrogens is 1. The maximum atomic E-state index is 12.6. The Balaban J connectivity index is 1.88. The summed E-state index contributed by atoms with van der Waals surface area (Å²) in [6, 6.07) is 9.77. The van der Waals surface area contributed by atoms with Crippen LogP contribution in [0.15, 0.2) is 36.5 Å². The fraction of sp³-hybridized carbons (Fsp3) is 0.333. The van der Waals surface area contributed by atoms with Crippen LogP contribution in [0.3, 0.4) is 0 Å². The summed E-state index contributed by atoms with van der Waals surface area (Å²) in [6.45, 7) is 3.82. The van der Waals surface area contributed by atoms with Crippen molar-refractivity contribution in [2.24, 2.45) is 0 Å². The van der Waals surface area contributed by atoms with E-state index in [1.165, 1.54) is 0 Å². The monoisotopic (exact) mass is 271 g/mol. The molecular weight excluding hydrogens is 254 g/mol. The van der Waals surface area contributed by atoms with E-state index in [1.54, 1.807) is 6.20 Å². The highest BCUT2D eigenvalue weighted by atomic mass is 16.5. The third kappa shape index (κ3) is 2.44. The van der Waals surface area contributed by atoms with E-state index in [-0.39, 0.29) is 12.0 Å². The summed E-state index contributed by atoms with van der Waals surface area (Å²) >= 11 is 0. The third-order valence-corrected chi connectivity index (χ3v) is 3.46. The molecule has 1 aliphatic rings. The number of hydrogen-bond acceptors (Lipinski definition) is 3. The molecular formula is C15H17N3O2. The largest absolute Gasteiger partial charge is 0.375 e. The quantitative estimate of drug-likeness (QED) is 0.908. The van der Waals surface area contributed by atoms with Gasteiger partial charge < -0.3 is 9.64 Å². The minimum atomic E-state index is 0.00718. The summed E-state index contributed by atoms with van der Waals surface area (Å²) in [4.78, 5) is 14.4. The minimum absolute atomic E-state index is 0.00718. The van der Waals surface area contributed by atoms with Gasteiger partial charge in [-0.25, -0.2) is 0 Å². The summed E-state index contributed by atoms with van der Waals surface area (Å²) in [6.07, 6.45) is 1.69. The van der Waals surface area contributed by atoms with Gasteiger partial charge in [0.15, 0.2) is 0 Å². The Bertz CT molecular complexity index is 594. The molecule has 1 fully saturated rings. The fourth-order valence-electron chi connectivity index (χ4n) is 2.45. The van der Waals surface area contributed by atoms with Gasteiger partial charge in [-0.1, -0.05) is 30.3 Å². The molecule has 20 heavy (non-hydrogen) atoms. The number of ether oxygens (including phenoxy) is 1. The maximum Gasteiger partial charge on any atom is 0.257 e. The zero-order chi connectivity index (χ0) is 13.9. The number of carbonyl (C=O) groups is 1. The van der Waals surface area contributed by atoms with Crippen LogP contribution in [0.5, 0.6) is 0 Å². The van der Waals surface area contributed by atoms with Crippen molar-refractivity contribution in [2.75, 3.05) is 19.7 Å². The van der Waals surface area contributed by atoms with E-state index < -0.39 is 0 Å². The number of aromatic nitrogens is 2. The van der Waals surface area contributed by atoms with Gasteiger partial charge in [0.25, 0.3) is 5.91 Å². The smallest absolute Gasteiger partial charge is 0.257 e. The number of nitrogens with zero attached hydrogens (tertiary/aromatic N) is 2. The molecule has 1 unspecified atom stereocenters. The van der Waals surface area contributed by atoms with Crippen molar-refractivity contribution < 1.29 is 9.53 Å². The minimum Gasteiger partial charge on any atom is -0.375 e. The predicted octanol–water partition coefficient (Wildman–Crippen LogP) is 1.94. The number of morpholine rings is 1. The van der Waals surface area contributed by atoms with E-state index >= 15 is 0 Å². The van der Waals surface area contributed by atoms with Crippen molar-refractivity contribution in [2.45, 2.75) is 13.0 Å². The van der Waals surface area contributed by atoms with Crippen molar-refractivity contribution in [1.29, 1.82) is 0 Å². The standard InChI is InChI=1S/C15H17N3O2/c1-11-10-18(7-8-20-11)15(19)13-9-16-17-14(13)12-5-3-2-4-6-12/h2-6,9,11H,7-8,10H2,1H3,(H,16,17). The molecule has 2 heterocycles. The topological polar surface area (TPSA) is 58.2 Å². The van der Waals surface area contributed by atoms with E-state index in [4.69, 9.17) is 4.74 Å². The molecule has 1 aliphatic heterocycles. The first-order chi connectivity index (χ1) is 9.75. The van der Waals surface area contributed by atoms with Gasteiger partial charge in [-0.3, -0.25) is 9.89 Å². The molecule has 0 radical (unpaired) electrons. The highest BCUT2D eigenvalue weighted by Crippen LogP contribution is 2.22. The second kappa shape index (κ2) is 5.46. The number of carbonyl (C=O) groups excluding carboxylic acids is 1. The molecule has 1 saturated heterocycles. The molecule has 1 atom stereocenters. The number of amides is 1. The lowest BCUT2D eigenvalue weighted by Gasteiger charge is -2.31. The van der Waals surface area contributed by atoms with E-state index in [0.717, 1.165) is 11.3 Å². The van der Waals surface area contributed by atoms with Crippen LogP contribution >= 0.6 is 0 Å². The van der Waals surface area contributed by atoms with Crippen LogP contribution in [-0.2, 0) is 4.74 Å². The fourth-order valence-corrected chi connectivity index (χ4v) is 2.45. The van der Waals surface area contributed by atoms with Crippen molar-refractivity contribution >= 4 is 5.91 Å². The van der Waals surface area contributed by atoms with Crippen LogP contribution in [-0.4, -0.2) is 46.8 Å². The van der Waals surface area contributed by atoms with Crippen molar-refractivity contribution in [3.05, 3.63) is 42.1 Å². The Morgan fingerprint density at radius 3 is 2.95 bits per heavy atom. The van der Waals surface area contributed by atoms with E-state index in [1.807, 2.05) is 42.2 Å². The second-order valence-electron chi connectivity index (χ2n) is 4.96. The van der Waals surface area contributed by atoms with Gasteiger partial charge in [0.2, 0.25) is 0 Å². The van der Waals surface area contributed by atoms with Crippen molar-refractivity contribution in [1.82, 2.24) is 15.1 Å². The molecule has 5 nitrogen and oxygen atoms in total. The Kier molecular flexibility index (Phi) is 3.52. The lowest BCUT2D eigenvalue weighted by molar-refractivity contribution is -0.0123. The Labute approximate surface area is 117 Å². The Hall–Kier alpha value is -2.14. The first-order valence-electron chi connectivity index (χ1n) is 6.75. The lowest BCUT2D eigenvalue weighted by atomic mass is 10.1. The van der Waals surface area contributed by atoms with E-state index in [0.29, 0.717) is 25.3 Å². The molecule has 1 aromatic carbocycles. The van der Waals surface area contributed by atoms with E-state index in [2.05, 4.69) is 10.2 Å². The molecule has 0 saturated carbocycles. The highest BCUT2D eigenvalue weighted by Gasteiger charge is 2.25. The number of rotatable bonds is 2. The zero-order valence-electron chi connectivity index (χ0n) is 11.4. The summed E-state index contributed by atoms with van der Waals surface area (Å²) in [5, 5.41) is 6.95. The zero-order valence-corrected chi connectivity index (χ0v) is 11.4. The van der Waals surface area contributed by atoms with Crippen molar-refractivity contribution in [3.63, 3.8) is 0 Å². The second-order valence-corrected chi connectivity index (χ2v) is 4.96. The lowest BCUT2D eigenvalue weighted by Crippen LogP contribution is -2.44. The summed E-state index contributed by atoms with van der Waals surface area (Å²) in [5.41, 5.74) is 2.36. The van der Waals surface area contributed by atoms with Gasteiger partial charge in [-0.2, -0.15) is 5.10 Å². The van der Waals surface area contributed by atoms with Crippen molar-refractivity contribution in [3.8, 4) is 11.3 Å². The Morgan fingerprint density at radius 1 is 1.40 bits per heavy atom. The van der Waals surface area contributed by atoms with Gasteiger partial charge in [-0.15, -0.1) is 0 Å². The summed E-state index contributed by atoms with van der Waals surface area (Å²) < 4.78 is 5.47. The van der Waals surface area contributed by atoms with Crippen LogP contribution < -0.4 is 0 Å². The average molecular weight is 271 g/mol. The first-order valence-corrected chi connectivity index (χ1v) is 6.75. The predicted molar refractivity (Wildman–Crippen MR) is 75.3 cm³/mol. The van der Waals surface area contributed by atoms with Crippen LogP contribution in [0.4, 0.5) is 0 Å². The van der Waals surface area contributed by atoms with Gasteiger partial charge in [-0.05, 0) is 6.92 Å². The molecule has 0 aliphatic carbocycles. The number of hydrogen-bond donors (Lipinski definition) is 1. The average Bonchev–Trinajstić information content (AvgIpc) is 2.97. The van der Waals surface area contributed by atoms with Gasteiger partial charge in [0.05, 0.1) is 30.2 Å².